The van der Waals surface area contributed by atoms with E-state index in [0.29, 0.717) is 17.9 Å². The molecule has 1 amide bonds. The first kappa shape index (κ1) is 18.2. The van der Waals surface area contributed by atoms with Gasteiger partial charge in [-0.25, -0.2) is 10.2 Å². The lowest BCUT2D eigenvalue weighted by Crippen LogP contribution is -2.24. The third kappa shape index (κ3) is 6.47. The van der Waals surface area contributed by atoms with Crippen molar-refractivity contribution in [1.29, 1.82) is 0 Å². The highest BCUT2D eigenvalue weighted by Crippen LogP contribution is 2.13. The van der Waals surface area contributed by atoms with E-state index >= 15 is 0 Å². The molecule has 1 N–H and O–H groups in total. The number of nitrogens with one attached hydrogen (secondary N) is 1. The maximum Gasteiger partial charge on any atom is 0.338 e. The molecule has 0 bridgehead atoms. The maximum atomic E-state index is 11.7. The number of hydrazone groups is 1. The Balaban J connectivity index is 1.76. The quantitative estimate of drug-likeness (QED) is 0.455. The summed E-state index contributed by atoms with van der Waals surface area (Å²) in [5.41, 5.74) is 3.71. The summed E-state index contributed by atoms with van der Waals surface area (Å²) in [6.45, 7) is 2.14. The molecule has 130 valence electrons. The molecule has 0 radical (unpaired) electrons. The maximum absolute atomic E-state index is 11.7. The molecule has 0 heterocycles. The SMILES string of the molecule is CCCOC(=O)c1ccc(OCC(=O)N/N=C/c2ccccc2)cc1. The lowest BCUT2D eigenvalue weighted by molar-refractivity contribution is -0.123. The molecule has 0 aliphatic heterocycles. The number of carbonyl (C=O) groups is 2. The lowest BCUT2D eigenvalue weighted by atomic mass is 10.2. The van der Waals surface area contributed by atoms with Crippen molar-refractivity contribution in [3.63, 3.8) is 0 Å². The van der Waals surface area contributed by atoms with Crippen molar-refractivity contribution in [2.75, 3.05) is 13.2 Å². The number of benzene rings is 2. The number of hydrogen-bond acceptors (Lipinski definition) is 5. The Hall–Kier alpha value is -3.15. The second kappa shape index (κ2) is 9.87. The van der Waals surface area contributed by atoms with Gasteiger partial charge in [0.05, 0.1) is 18.4 Å². The number of amides is 1. The highest BCUT2D eigenvalue weighted by atomic mass is 16.5. The van der Waals surface area contributed by atoms with Crippen LogP contribution in [0.1, 0.15) is 29.3 Å². The molecule has 6 heteroatoms. The molecule has 0 aliphatic rings. The van der Waals surface area contributed by atoms with Gasteiger partial charge in [-0.3, -0.25) is 4.79 Å². The van der Waals surface area contributed by atoms with Crippen molar-refractivity contribution in [3.8, 4) is 5.75 Å². The van der Waals surface area contributed by atoms with Crippen LogP contribution in [0.4, 0.5) is 0 Å². The van der Waals surface area contributed by atoms with Gasteiger partial charge in [0, 0.05) is 0 Å². The molecule has 2 aromatic rings. The van der Waals surface area contributed by atoms with E-state index in [0.717, 1.165) is 12.0 Å². The monoisotopic (exact) mass is 340 g/mol. The molecule has 0 saturated carbocycles. The minimum atomic E-state index is -0.376. The van der Waals surface area contributed by atoms with E-state index in [1.807, 2.05) is 37.3 Å². The largest absolute Gasteiger partial charge is 0.484 e. The molecule has 6 nitrogen and oxygen atoms in total. The molecule has 0 aliphatic carbocycles. The van der Waals surface area contributed by atoms with Crippen molar-refractivity contribution in [2.24, 2.45) is 5.10 Å². The normalized spacial score (nSPS) is 10.4. The standard InChI is InChI=1S/C19H20N2O4/c1-2-12-24-19(23)16-8-10-17(11-9-16)25-14-18(22)21-20-13-15-6-4-3-5-7-15/h3-11,13H,2,12,14H2,1H3,(H,21,22)/b20-13+. The van der Waals surface area contributed by atoms with Crippen LogP contribution in [0, 0.1) is 0 Å². The van der Waals surface area contributed by atoms with Gasteiger partial charge in [-0.2, -0.15) is 5.10 Å². The van der Waals surface area contributed by atoms with Gasteiger partial charge in [0.1, 0.15) is 5.75 Å². The van der Waals surface area contributed by atoms with Gasteiger partial charge < -0.3 is 9.47 Å². The molecule has 2 aromatic carbocycles. The zero-order chi connectivity index (χ0) is 17.9. The molecule has 0 saturated heterocycles. The van der Waals surface area contributed by atoms with Crippen molar-refractivity contribution in [3.05, 3.63) is 65.7 Å². The average Bonchev–Trinajstić information content (AvgIpc) is 2.65. The van der Waals surface area contributed by atoms with Gasteiger partial charge in [0.2, 0.25) is 0 Å². The van der Waals surface area contributed by atoms with E-state index in [-0.39, 0.29) is 18.5 Å². The molecule has 25 heavy (non-hydrogen) atoms. The topological polar surface area (TPSA) is 77.0 Å². The molecular formula is C19H20N2O4. The van der Waals surface area contributed by atoms with Crippen LogP contribution in [0.2, 0.25) is 0 Å². The van der Waals surface area contributed by atoms with Crippen molar-refractivity contribution in [1.82, 2.24) is 5.43 Å². The van der Waals surface area contributed by atoms with Gasteiger partial charge in [0.25, 0.3) is 5.91 Å². The lowest BCUT2D eigenvalue weighted by Gasteiger charge is -2.06. The smallest absolute Gasteiger partial charge is 0.338 e. The average molecular weight is 340 g/mol. The first-order valence-corrected chi connectivity index (χ1v) is 7.96. The highest BCUT2D eigenvalue weighted by Gasteiger charge is 2.07. The number of hydrogen-bond donors (Lipinski definition) is 1. The molecule has 2 rings (SSSR count). The van der Waals surface area contributed by atoms with Crippen molar-refractivity contribution in [2.45, 2.75) is 13.3 Å². The Morgan fingerprint density at radius 3 is 2.48 bits per heavy atom. The summed E-state index contributed by atoms with van der Waals surface area (Å²) in [5.74, 6) is -0.269. The van der Waals surface area contributed by atoms with E-state index in [9.17, 15) is 9.59 Å². The Bertz CT molecular complexity index is 712. The fourth-order valence-corrected chi connectivity index (χ4v) is 1.86. The molecule has 0 atom stereocenters. The second-order valence-corrected chi connectivity index (χ2v) is 5.15. The summed E-state index contributed by atoms with van der Waals surface area (Å²) in [5, 5.41) is 3.85. The summed E-state index contributed by atoms with van der Waals surface area (Å²) in [4.78, 5) is 23.3. The van der Waals surface area contributed by atoms with Crippen LogP contribution in [-0.4, -0.2) is 31.3 Å². The Morgan fingerprint density at radius 2 is 1.80 bits per heavy atom. The van der Waals surface area contributed by atoms with E-state index in [4.69, 9.17) is 9.47 Å². The number of nitrogens with zero attached hydrogens (tertiary/aromatic N) is 1. The van der Waals surface area contributed by atoms with Gasteiger partial charge in [0.15, 0.2) is 6.61 Å². The third-order valence-electron chi connectivity index (χ3n) is 3.10. The Kier molecular flexibility index (Phi) is 7.18. The fourth-order valence-electron chi connectivity index (χ4n) is 1.86. The summed E-state index contributed by atoms with van der Waals surface area (Å²) in [7, 11) is 0. The van der Waals surface area contributed by atoms with Gasteiger partial charge in [-0.15, -0.1) is 0 Å². The summed E-state index contributed by atoms with van der Waals surface area (Å²) < 4.78 is 10.4. The van der Waals surface area contributed by atoms with Crippen LogP contribution in [0.5, 0.6) is 5.75 Å². The van der Waals surface area contributed by atoms with Crippen LogP contribution < -0.4 is 10.2 Å². The first-order valence-electron chi connectivity index (χ1n) is 7.96. The second-order valence-electron chi connectivity index (χ2n) is 5.15. The summed E-state index contributed by atoms with van der Waals surface area (Å²) in [6, 6.07) is 15.8. The van der Waals surface area contributed by atoms with E-state index in [1.165, 1.54) is 0 Å². The fraction of sp³-hybridized carbons (Fsp3) is 0.211. The van der Waals surface area contributed by atoms with Gasteiger partial charge >= 0.3 is 5.97 Å². The zero-order valence-electron chi connectivity index (χ0n) is 14.0. The van der Waals surface area contributed by atoms with E-state index in [1.54, 1.807) is 30.5 Å². The van der Waals surface area contributed by atoms with Gasteiger partial charge in [-0.1, -0.05) is 37.3 Å². The van der Waals surface area contributed by atoms with Crippen LogP contribution in [0.25, 0.3) is 0 Å². The molecule has 0 aromatic heterocycles. The van der Waals surface area contributed by atoms with E-state index < -0.39 is 0 Å². The first-order chi connectivity index (χ1) is 12.2. The van der Waals surface area contributed by atoms with Crippen LogP contribution in [0.3, 0.4) is 0 Å². The molecular weight excluding hydrogens is 320 g/mol. The predicted octanol–water partition coefficient (Wildman–Crippen LogP) is 2.78. The van der Waals surface area contributed by atoms with Crippen LogP contribution in [0.15, 0.2) is 59.7 Å². The summed E-state index contributed by atoms with van der Waals surface area (Å²) >= 11 is 0. The highest BCUT2D eigenvalue weighted by molar-refractivity contribution is 5.89. The molecule has 0 spiro atoms. The minimum Gasteiger partial charge on any atom is -0.484 e. The predicted molar refractivity (Wildman–Crippen MR) is 94.7 cm³/mol. The number of ether oxygens (including phenoxy) is 2. The third-order valence-corrected chi connectivity index (χ3v) is 3.10. The molecule has 0 fully saturated rings. The number of esters is 1. The van der Waals surface area contributed by atoms with Crippen molar-refractivity contribution < 1.29 is 19.1 Å². The number of rotatable bonds is 8. The van der Waals surface area contributed by atoms with Crippen LogP contribution >= 0.6 is 0 Å². The van der Waals surface area contributed by atoms with E-state index in [2.05, 4.69) is 10.5 Å². The number of carbonyl (C=O) groups excluding carboxylic acids is 2. The summed E-state index contributed by atoms with van der Waals surface area (Å²) in [6.07, 6.45) is 2.32. The zero-order valence-corrected chi connectivity index (χ0v) is 14.0. The van der Waals surface area contributed by atoms with Crippen LogP contribution in [-0.2, 0) is 9.53 Å². The van der Waals surface area contributed by atoms with Gasteiger partial charge in [-0.05, 0) is 36.2 Å². The minimum absolute atomic E-state index is 0.175. The Morgan fingerprint density at radius 1 is 1.08 bits per heavy atom. The Labute approximate surface area is 146 Å². The molecule has 0 unspecified atom stereocenters. The van der Waals surface area contributed by atoms with Crippen molar-refractivity contribution >= 4 is 18.1 Å².